The molecule has 0 atom stereocenters. The average Bonchev–Trinajstić information content (AvgIpc) is 3.38. The van der Waals surface area contributed by atoms with Crippen LogP contribution in [0.2, 0.25) is 0 Å². The van der Waals surface area contributed by atoms with Crippen LogP contribution in [0.3, 0.4) is 0 Å². The summed E-state index contributed by atoms with van der Waals surface area (Å²) >= 11 is 0. The molecule has 0 radical (unpaired) electrons. The highest BCUT2D eigenvalue weighted by molar-refractivity contribution is 5.98. The molecule has 3 rings (SSSR count). The molecule has 2 aromatic rings. The predicted molar refractivity (Wildman–Crippen MR) is 98.8 cm³/mol. The summed E-state index contributed by atoms with van der Waals surface area (Å²) in [5.74, 6) is -0.587. The highest BCUT2D eigenvalue weighted by atomic mass is 16.2. The number of nitrogens with zero attached hydrogens (tertiary/aromatic N) is 2. The van der Waals surface area contributed by atoms with E-state index in [-0.39, 0.29) is 29.3 Å². The van der Waals surface area contributed by atoms with E-state index in [1.807, 2.05) is 0 Å². The number of amides is 2. The van der Waals surface area contributed by atoms with Crippen molar-refractivity contribution in [2.45, 2.75) is 25.8 Å². The van der Waals surface area contributed by atoms with Gasteiger partial charge in [-0.15, -0.1) is 0 Å². The van der Waals surface area contributed by atoms with Gasteiger partial charge in [0.1, 0.15) is 5.56 Å². The molecule has 1 fully saturated rings. The van der Waals surface area contributed by atoms with Gasteiger partial charge in [-0.05, 0) is 37.1 Å². The van der Waals surface area contributed by atoms with Crippen LogP contribution in [-0.2, 0) is 4.79 Å². The third-order valence-corrected chi connectivity index (χ3v) is 4.07. The van der Waals surface area contributed by atoms with Crippen molar-refractivity contribution in [2.75, 3.05) is 22.6 Å². The number of nitrogens with two attached hydrogens (primary N) is 1. The van der Waals surface area contributed by atoms with Crippen molar-refractivity contribution in [1.82, 2.24) is 9.97 Å². The summed E-state index contributed by atoms with van der Waals surface area (Å²) in [4.78, 5) is 43.6. The Morgan fingerprint density at radius 3 is 2.46 bits per heavy atom. The summed E-state index contributed by atoms with van der Waals surface area (Å²) in [6.45, 7) is 1.47. The van der Waals surface area contributed by atoms with Gasteiger partial charge in [0.05, 0.1) is 0 Å². The number of primary amides is 1. The lowest BCUT2D eigenvalue weighted by Gasteiger charge is -2.16. The molecule has 2 amide bonds. The Morgan fingerprint density at radius 2 is 1.92 bits per heavy atom. The molecule has 9 nitrogen and oxygen atoms in total. The summed E-state index contributed by atoms with van der Waals surface area (Å²) in [7, 11) is 1.67. The Kier molecular flexibility index (Phi) is 4.61. The zero-order valence-electron chi connectivity index (χ0n) is 14.5. The first kappa shape index (κ1) is 17.5. The number of nitrogens with one attached hydrogen (secondary N) is 3. The molecule has 1 aliphatic carbocycles. The molecule has 1 aromatic heterocycles. The van der Waals surface area contributed by atoms with Gasteiger partial charge in [-0.1, -0.05) is 0 Å². The Bertz CT molecular complexity index is 902. The van der Waals surface area contributed by atoms with Crippen molar-refractivity contribution >= 4 is 35.0 Å². The lowest BCUT2D eigenvalue weighted by Crippen LogP contribution is -2.27. The maximum atomic E-state index is 12.2. The summed E-state index contributed by atoms with van der Waals surface area (Å²) < 4.78 is 0. The lowest BCUT2D eigenvalue weighted by atomic mass is 10.2. The van der Waals surface area contributed by atoms with E-state index in [0.717, 1.165) is 12.8 Å². The van der Waals surface area contributed by atoms with Crippen molar-refractivity contribution in [3.8, 4) is 0 Å². The summed E-state index contributed by atoms with van der Waals surface area (Å²) in [6, 6.07) is 7.20. The van der Waals surface area contributed by atoms with Crippen LogP contribution in [-0.4, -0.2) is 34.9 Å². The summed E-state index contributed by atoms with van der Waals surface area (Å²) in [5, 5.41) is 6.03. The third kappa shape index (κ3) is 3.82. The van der Waals surface area contributed by atoms with Gasteiger partial charge < -0.3 is 21.3 Å². The fourth-order valence-corrected chi connectivity index (χ4v) is 2.37. The minimum Gasteiger partial charge on any atom is -0.365 e. The molecule has 0 spiro atoms. The summed E-state index contributed by atoms with van der Waals surface area (Å²) in [5.41, 5.74) is 5.80. The standard InChI is InChI=1S/C17H20N6O3/c1-9(24)23(2)12-7-5-10(6-8-12)19-15-13(14(18)25)16(26)22-17(21-15)20-11-3-4-11/h5-8,11H,3-4H2,1-2H3,(H2,18,25)(H3,19,20,21,22,26). The minimum absolute atomic E-state index is 0.0806. The lowest BCUT2D eigenvalue weighted by molar-refractivity contribution is -0.116. The maximum absolute atomic E-state index is 12.2. The number of carbonyl (C=O) groups excluding carboxylic acids is 2. The number of aromatic nitrogens is 2. The molecule has 0 aliphatic heterocycles. The first-order valence-corrected chi connectivity index (χ1v) is 8.17. The smallest absolute Gasteiger partial charge is 0.267 e. The SMILES string of the molecule is CC(=O)N(C)c1ccc(Nc2nc(NC3CC3)[nH]c(=O)c2C(N)=O)cc1. The van der Waals surface area contributed by atoms with Crippen LogP contribution in [0.5, 0.6) is 0 Å². The van der Waals surface area contributed by atoms with E-state index < -0.39 is 11.5 Å². The van der Waals surface area contributed by atoms with Gasteiger partial charge in [-0.25, -0.2) is 0 Å². The first-order valence-electron chi connectivity index (χ1n) is 8.17. The Morgan fingerprint density at radius 1 is 1.27 bits per heavy atom. The second-order valence-electron chi connectivity index (χ2n) is 6.17. The Labute approximate surface area is 149 Å². The minimum atomic E-state index is -0.868. The van der Waals surface area contributed by atoms with Crippen LogP contribution in [0.25, 0.3) is 0 Å². The molecular weight excluding hydrogens is 336 g/mol. The predicted octanol–water partition coefficient (Wildman–Crippen LogP) is 1.17. The molecule has 0 bridgehead atoms. The molecule has 26 heavy (non-hydrogen) atoms. The number of hydrogen-bond donors (Lipinski definition) is 4. The number of benzene rings is 1. The van der Waals surface area contributed by atoms with E-state index in [1.54, 1.807) is 31.3 Å². The van der Waals surface area contributed by atoms with Crippen molar-refractivity contribution in [3.05, 3.63) is 40.2 Å². The molecule has 9 heteroatoms. The van der Waals surface area contributed by atoms with Crippen molar-refractivity contribution < 1.29 is 9.59 Å². The number of aromatic amines is 1. The number of carbonyl (C=O) groups is 2. The zero-order chi connectivity index (χ0) is 18.8. The van der Waals surface area contributed by atoms with Crippen LogP contribution in [0.1, 0.15) is 30.1 Å². The zero-order valence-corrected chi connectivity index (χ0v) is 14.5. The van der Waals surface area contributed by atoms with E-state index in [9.17, 15) is 14.4 Å². The van der Waals surface area contributed by atoms with Gasteiger partial charge in [0, 0.05) is 31.4 Å². The van der Waals surface area contributed by atoms with E-state index in [2.05, 4.69) is 20.6 Å². The molecule has 0 unspecified atom stereocenters. The average molecular weight is 356 g/mol. The van der Waals surface area contributed by atoms with Gasteiger partial charge >= 0.3 is 0 Å². The third-order valence-electron chi connectivity index (χ3n) is 4.07. The quantitative estimate of drug-likeness (QED) is 0.614. The first-order chi connectivity index (χ1) is 12.3. The van der Waals surface area contributed by atoms with Gasteiger partial charge in [-0.3, -0.25) is 19.4 Å². The molecule has 1 aromatic carbocycles. The molecule has 136 valence electrons. The van der Waals surface area contributed by atoms with Crippen LogP contribution >= 0.6 is 0 Å². The van der Waals surface area contributed by atoms with E-state index in [1.165, 1.54) is 11.8 Å². The van der Waals surface area contributed by atoms with E-state index in [0.29, 0.717) is 11.4 Å². The highest BCUT2D eigenvalue weighted by Crippen LogP contribution is 2.25. The van der Waals surface area contributed by atoms with Crippen LogP contribution in [0, 0.1) is 0 Å². The van der Waals surface area contributed by atoms with E-state index >= 15 is 0 Å². The summed E-state index contributed by atoms with van der Waals surface area (Å²) in [6.07, 6.45) is 2.02. The van der Waals surface area contributed by atoms with Crippen molar-refractivity contribution in [2.24, 2.45) is 5.73 Å². The molecular formula is C17H20N6O3. The van der Waals surface area contributed by atoms with E-state index in [4.69, 9.17) is 5.73 Å². The normalized spacial score (nSPS) is 13.2. The van der Waals surface area contributed by atoms with Gasteiger partial charge in [0.25, 0.3) is 11.5 Å². The second kappa shape index (κ2) is 6.87. The number of rotatable bonds is 6. The fraction of sp³-hybridized carbons (Fsp3) is 0.294. The maximum Gasteiger partial charge on any atom is 0.267 e. The monoisotopic (exact) mass is 356 g/mol. The largest absolute Gasteiger partial charge is 0.365 e. The molecule has 1 heterocycles. The van der Waals surface area contributed by atoms with Gasteiger partial charge in [-0.2, -0.15) is 4.98 Å². The highest BCUT2D eigenvalue weighted by Gasteiger charge is 2.23. The van der Waals surface area contributed by atoms with Crippen LogP contribution in [0.15, 0.2) is 29.1 Å². The number of hydrogen-bond acceptors (Lipinski definition) is 6. The van der Waals surface area contributed by atoms with Crippen LogP contribution in [0.4, 0.5) is 23.1 Å². The van der Waals surface area contributed by atoms with Crippen molar-refractivity contribution in [1.29, 1.82) is 0 Å². The van der Waals surface area contributed by atoms with Crippen molar-refractivity contribution in [3.63, 3.8) is 0 Å². The second-order valence-corrected chi connectivity index (χ2v) is 6.17. The molecule has 5 N–H and O–H groups in total. The molecule has 1 saturated carbocycles. The van der Waals surface area contributed by atoms with Gasteiger partial charge in [0.15, 0.2) is 5.82 Å². The molecule has 1 aliphatic rings. The molecule has 0 saturated heterocycles. The number of H-pyrrole nitrogens is 1. The Hall–Kier alpha value is -3.36. The van der Waals surface area contributed by atoms with Gasteiger partial charge in [0.2, 0.25) is 11.9 Å². The fourth-order valence-electron chi connectivity index (χ4n) is 2.37. The van der Waals surface area contributed by atoms with Crippen LogP contribution < -0.4 is 26.8 Å². The topological polar surface area (TPSA) is 133 Å². The Balaban J connectivity index is 1.89. The number of anilines is 4.